The molecular formula is C29H31N3O+2. The predicted molar refractivity (Wildman–Crippen MR) is 133 cm³/mol. The third kappa shape index (κ3) is 4.75. The highest BCUT2D eigenvalue weighted by molar-refractivity contribution is 5.87. The smallest absolute Gasteiger partial charge is 0.212 e. The van der Waals surface area contributed by atoms with Crippen LogP contribution in [0.25, 0.3) is 17.0 Å². The van der Waals surface area contributed by atoms with Crippen LogP contribution < -0.4 is 18.8 Å². The molecule has 4 heteroatoms. The van der Waals surface area contributed by atoms with E-state index in [1.807, 2.05) is 6.07 Å². The van der Waals surface area contributed by atoms with Gasteiger partial charge in [0.05, 0.1) is 11.1 Å². The van der Waals surface area contributed by atoms with E-state index in [4.69, 9.17) is 4.74 Å². The van der Waals surface area contributed by atoms with Gasteiger partial charge in [0.1, 0.15) is 13.6 Å². The second-order valence-corrected chi connectivity index (χ2v) is 8.63. The summed E-state index contributed by atoms with van der Waals surface area (Å²) in [4.78, 5) is 2.34. The zero-order valence-corrected chi connectivity index (χ0v) is 19.2. The third-order valence-electron chi connectivity index (χ3n) is 6.31. The lowest BCUT2D eigenvalue weighted by Crippen LogP contribution is -2.32. The van der Waals surface area contributed by atoms with E-state index >= 15 is 0 Å². The maximum absolute atomic E-state index is 6.32. The first-order chi connectivity index (χ1) is 16.3. The summed E-state index contributed by atoms with van der Waals surface area (Å²) in [6.07, 6.45) is 13.4. The molecule has 0 unspecified atom stereocenters. The molecule has 0 atom stereocenters. The largest absolute Gasteiger partial charge is 0.439 e. The minimum atomic E-state index is 0.912. The number of nitrogens with zero attached hydrogens (tertiary/aromatic N) is 3. The van der Waals surface area contributed by atoms with Gasteiger partial charge in [-0.3, -0.25) is 0 Å². The quantitative estimate of drug-likeness (QED) is 0.271. The molecule has 0 aliphatic carbocycles. The Morgan fingerprint density at radius 2 is 1.58 bits per heavy atom. The summed E-state index contributed by atoms with van der Waals surface area (Å²) in [7, 11) is 2.09. The van der Waals surface area contributed by atoms with E-state index in [1.54, 1.807) is 0 Å². The van der Waals surface area contributed by atoms with E-state index in [0.717, 1.165) is 36.8 Å². The van der Waals surface area contributed by atoms with Crippen molar-refractivity contribution in [2.45, 2.75) is 32.2 Å². The van der Waals surface area contributed by atoms with E-state index < -0.39 is 0 Å². The van der Waals surface area contributed by atoms with Crippen molar-refractivity contribution < 1.29 is 13.9 Å². The Hall–Kier alpha value is -3.66. The molecule has 0 fully saturated rings. The Morgan fingerprint density at radius 1 is 0.788 bits per heavy atom. The summed E-state index contributed by atoms with van der Waals surface area (Å²) in [5.74, 6) is 1.85. The molecule has 2 aromatic heterocycles. The van der Waals surface area contributed by atoms with Gasteiger partial charge >= 0.3 is 0 Å². The van der Waals surface area contributed by atoms with Crippen LogP contribution in [0.4, 0.5) is 5.69 Å². The summed E-state index contributed by atoms with van der Waals surface area (Å²) in [6.45, 7) is 2.04. The molecule has 0 spiro atoms. The second-order valence-electron chi connectivity index (χ2n) is 8.63. The molecule has 166 valence electrons. The van der Waals surface area contributed by atoms with Crippen molar-refractivity contribution >= 4 is 22.7 Å². The topological polar surface area (TPSA) is 20.2 Å². The number of para-hydroxylation sites is 3. The van der Waals surface area contributed by atoms with Crippen molar-refractivity contribution in [3.63, 3.8) is 0 Å². The molecular weight excluding hydrogens is 406 g/mol. The second kappa shape index (κ2) is 9.86. The number of benzene rings is 2. The molecule has 1 aliphatic rings. The number of aromatic nitrogens is 2. The van der Waals surface area contributed by atoms with E-state index in [2.05, 4.69) is 112 Å². The minimum Gasteiger partial charge on any atom is -0.439 e. The Kier molecular flexibility index (Phi) is 6.34. The normalized spacial score (nSPS) is 14.0. The Balaban J connectivity index is 1.29. The van der Waals surface area contributed by atoms with Crippen molar-refractivity contribution in [3.05, 3.63) is 103 Å². The van der Waals surface area contributed by atoms with Gasteiger partial charge in [0.2, 0.25) is 11.4 Å². The molecule has 0 amide bonds. The molecule has 2 aromatic carbocycles. The fraction of sp³-hybridized carbons (Fsp3) is 0.241. The number of anilines is 1. The van der Waals surface area contributed by atoms with Crippen LogP contribution in [0.15, 0.2) is 97.3 Å². The highest BCUT2D eigenvalue weighted by Crippen LogP contribution is 2.39. The van der Waals surface area contributed by atoms with Crippen LogP contribution in [0.1, 0.15) is 31.2 Å². The van der Waals surface area contributed by atoms with Crippen molar-refractivity contribution in [2.24, 2.45) is 7.05 Å². The predicted octanol–water partition coefficient (Wildman–Crippen LogP) is 5.41. The lowest BCUT2D eigenvalue weighted by atomic mass is 10.1. The maximum Gasteiger partial charge on any atom is 0.212 e. The van der Waals surface area contributed by atoms with Crippen molar-refractivity contribution in [2.75, 3.05) is 11.4 Å². The molecule has 0 radical (unpaired) electrons. The van der Waals surface area contributed by atoms with Crippen molar-refractivity contribution in [1.82, 2.24) is 0 Å². The zero-order valence-electron chi connectivity index (χ0n) is 19.2. The molecule has 3 heterocycles. The van der Waals surface area contributed by atoms with Crippen LogP contribution in [0.2, 0.25) is 0 Å². The van der Waals surface area contributed by atoms with Crippen LogP contribution in [0.3, 0.4) is 0 Å². The van der Waals surface area contributed by atoms with Gasteiger partial charge in [-0.1, -0.05) is 36.8 Å². The molecule has 33 heavy (non-hydrogen) atoms. The fourth-order valence-electron chi connectivity index (χ4n) is 4.54. The summed E-state index contributed by atoms with van der Waals surface area (Å²) in [5.41, 5.74) is 3.55. The molecule has 5 rings (SSSR count). The molecule has 0 saturated heterocycles. The van der Waals surface area contributed by atoms with Crippen LogP contribution in [0.5, 0.6) is 5.75 Å². The first-order valence-electron chi connectivity index (χ1n) is 11.9. The van der Waals surface area contributed by atoms with E-state index in [0.29, 0.717) is 0 Å². The van der Waals surface area contributed by atoms with E-state index in [1.165, 1.54) is 35.7 Å². The van der Waals surface area contributed by atoms with Crippen LogP contribution in [-0.2, 0) is 13.6 Å². The highest BCUT2D eigenvalue weighted by Gasteiger charge is 2.26. The molecule has 4 nitrogen and oxygen atoms in total. The first kappa shape index (κ1) is 21.2. The van der Waals surface area contributed by atoms with Gasteiger partial charge in [-0.25, -0.2) is 9.13 Å². The molecule has 0 bridgehead atoms. The molecule has 0 saturated carbocycles. The summed E-state index contributed by atoms with van der Waals surface area (Å²) < 4.78 is 10.7. The monoisotopic (exact) mass is 437 g/mol. The molecule has 0 N–H and O–H groups in total. The van der Waals surface area contributed by atoms with E-state index in [9.17, 15) is 0 Å². The van der Waals surface area contributed by atoms with Crippen LogP contribution in [0, 0.1) is 0 Å². The lowest BCUT2D eigenvalue weighted by Gasteiger charge is -2.18. The van der Waals surface area contributed by atoms with E-state index in [-0.39, 0.29) is 0 Å². The standard InChI is InChI=1S/C29H31N3O/c1-30-22-17-24(25-13-5-6-14-26(25)30)23-29-32(27-15-7-8-16-28(27)33-29)21-12-3-2-9-18-31-19-10-4-11-20-31/h4-8,10-11,13-17,19-20,22-23H,2-3,9,12,18,21H2,1H3/q+2. The number of ether oxygens (including phenoxy) is 1. The minimum absolute atomic E-state index is 0.912. The SMILES string of the molecule is C[n+]1ccc(C=C2Oc3ccccc3N2CCCCCC[n+]2ccccc2)c2ccccc21. The maximum atomic E-state index is 6.32. The van der Waals surface area contributed by atoms with Crippen LogP contribution >= 0.6 is 0 Å². The average molecular weight is 438 g/mol. The zero-order chi connectivity index (χ0) is 22.5. The van der Waals surface area contributed by atoms with Gasteiger partial charge in [0, 0.05) is 43.3 Å². The van der Waals surface area contributed by atoms with Gasteiger partial charge in [0.25, 0.3) is 0 Å². The van der Waals surface area contributed by atoms with Crippen molar-refractivity contribution in [1.29, 1.82) is 0 Å². The first-order valence-corrected chi connectivity index (χ1v) is 11.9. The summed E-state index contributed by atoms with van der Waals surface area (Å²) >= 11 is 0. The van der Waals surface area contributed by atoms with Crippen LogP contribution in [-0.4, -0.2) is 6.54 Å². The number of aryl methyl sites for hydroxylation is 2. The van der Waals surface area contributed by atoms with Gasteiger partial charge < -0.3 is 9.64 Å². The highest BCUT2D eigenvalue weighted by atomic mass is 16.5. The van der Waals surface area contributed by atoms with Gasteiger partial charge in [-0.2, -0.15) is 0 Å². The fourth-order valence-corrected chi connectivity index (χ4v) is 4.54. The third-order valence-corrected chi connectivity index (χ3v) is 6.31. The number of hydrogen-bond donors (Lipinski definition) is 0. The van der Waals surface area contributed by atoms with Gasteiger partial charge in [-0.15, -0.1) is 0 Å². The average Bonchev–Trinajstić information content (AvgIpc) is 3.21. The van der Waals surface area contributed by atoms with Gasteiger partial charge in [0.15, 0.2) is 24.3 Å². The Morgan fingerprint density at radius 3 is 2.48 bits per heavy atom. The number of pyridine rings is 2. The molecule has 1 aliphatic heterocycles. The Labute approximate surface area is 196 Å². The number of hydrogen-bond acceptors (Lipinski definition) is 2. The van der Waals surface area contributed by atoms with Gasteiger partial charge in [-0.05, 0) is 36.6 Å². The Bertz CT molecular complexity index is 1270. The molecule has 4 aromatic rings. The number of unbranched alkanes of at least 4 members (excludes halogenated alkanes) is 3. The summed E-state index contributed by atoms with van der Waals surface area (Å²) in [5, 5.41) is 1.23. The number of rotatable bonds is 8. The van der Waals surface area contributed by atoms with Crippen molar-refractivity contribution in [3.8, 4) is 5.75 Å². The number of fused-ring (bicyclic) bond motifs is 2. The lowest BCUT2D eigenvalue weighted by molar-refractivity contribution is -0.697. The summed E-state index contributed by atoms with van der Waals surface area (Å²) in [6, 6.07) is 25.3.